The second-order valence-corrected chi connectivity index (χ2v) is 4.94. The molecule has 1 aliphatic rings. The average molecular weight is 265 g/mol. The van der Waals surface area contributed by atoms with Gasteiger partial charge >= 0.3 is 0 Å². The number of halogens is 1. The Bertz CT molecular complexity index is 173. The lowest BCUT2D eigenvalue weighted by Gasteiger charge is -2.34. The molecule has 1 fully saturated rings. The van der Waals surface area contributed by atoms with E-state index in [2.05, 4.69) is 31.0 Å². The molecule has 1 heterocycles. The van der Waals surface area contributed by atoms with Gasteiger partial charge in [0, 0.05) is 12.6 Å². The molecule has 0 aliphatic carbocycles. The van der Waals surface area contributed by atoms with Gasteiger partial charge in [0.05, 0.1) is 12.7 Å². The molecule has 1 aliphatic heterocycles. The molecule has 0 amide bonds. The van der Waals surface area contributed by atoms with Crippen LogP contribution in [0.25, 0.3) is 0 Å². The Hall–Kier alpha value is 0.170. The Labute approximate surface area is 113 Å². The zero-order chi connectivity index (χ0) is 11.8. The second-order valence-electron chi connectivity index (χ2n) is 4.94. The SMILES string of the molecule is CCCN(CCOC(C)C)C1CCNCC1.Cl. The lowest BCUT2D eigenvalue weighted by molar-refractivity contribution is 0.0442. The fourth-order valence-corrected chi connectivity index (χ4v) is 2.34. The third-order valence-electron chi connectivity index (χ3n) is 3.17. The van der Waals surface area contributed by atoms with Gasteiger partial charge in [-0.05, 0) is 52.7 Å². The van der Waals surface area contributed by atoms with Crippen LogP contribution in [0.5, 0.6) is 0 Å². The molecule has 104 valence electrons. The minimum Gasteiger partial charge on any atom is -0.377 e. The van der Waals surface area contributed by atoms with E-state index in [0.717, 1.165) is 19.2 Å². The minimum absolute atomic E-state index is 0. The van der Waals surface area contributed by atoms with E-state index in [1.54, 1.807) is 0 Å². The van der Waals surface area contributed by atoms with Crippen LogP contribution < -0.4 is 5.32 Å². The van der Waals surface area contributed by atoms with Crippen molar-refractivity contribution in [2.45, 2.75) is 52.2 Å². The average Bonchev–Trinajstić information content (AvgIpc) is 2.29. The van der Waals surface area contributed by atoms with E-state index in [0.29, 0.717) is 6.10 Å². The second kappa shape index (κ2) is 10.1. The molecular weight excluding hydrogens is 236 g/mol. The largest absolute Gasteiger partial charge is 0.377 e. The fourth-order valence-electron chi connectivity index (χ4n) is 2.34. The Morgan fingerprint density at radius 3 is 2.41 bits per heavy atom. The standard InChI is InChI=1S/C13H28N2O.ClH/c1-4-9-15(10-11-16-12(2)3)13-5-7-14-8-6-13;/h12-14H,4-11H2,1-3H3;1H. The summed E-state index contributed by atoms with van der Waals surface area (Å²) >= 11 is 0. The van der Waals surface area contributed by atoms with Gasteiger partial charge in [-0.2, -0.15) is 0 Å². The van der Waals surface area contributed by atoms with E-state index in [-0.39, 0.29) is 12.4 Å². The number of nitrogens with one attached hydrogen (secondary N) is 1. The van der Waals surface area contributed by atoms with Gasteiger partial charge in [0.2, 0.25) is 0 Å². The van der Waals surface area contributed by atoms with Crippen LogP contribution in [-0.4, -0.2) is 49.8 Å². The highest BCUT2D eigenvalue weighted by molar-refractivity contribution is 5.85. The quantitative estimate of drug-likeness (QED) is 0.764. The lowest BCUT2D eigenvalue weighted by Crippen LogP contribution is -2.44. The molecule has 0 unspecified atom stereocenters. The zero-order valence-electron chi connectivity index (χ0n) is 11.6. The summed E-state index contributed by atoms with van der Waals surface area (Å²) in [5, 5.41) is 3.43. The molecule has 1 N–H and O–H groups in total. The van der Waals surface area contributed by atoms with Crippen LogP contribution in [0.15, 0.2) is 0 Å². The van der Waals surface area contributed by atoms with Crippen LogP contribution in [0.4, 0.5) is 0 Å². The van der Waals surface area contributed by atoms with E-state index in [9.17, 15) is 0 Å². The summed E-state index contributed by atoms with van der Waals surface area (Å²) in [5.74, 6) is 0. The summed E-state index contributed by atoms with van der Waals surface area (Å²) in [6, 6.07) is 0.775. The molecule has 0 bridgehead atoms. The first kappa shape index (κ1) is 17.2. The minimum atomic E-state index is 0. The number of rotatable bonds is 7. The Morgan fingerprint density at radius 1 is 1.24 bits per heavy atom. The van der Waals surface area contributed by atoms with Crippen molar-refractivity contribution in [2.24, 2.45) is 0 Å². The highest BCUT2D eigenvalue weighted by Crippen LogP contribution is 2.12. The summed E-state index contributed by atoms with van der Waals surface area (Å²) in [5.41, 5.74) is 0. The molecule has 0 aromatic heterocycles. The highest BCUT2D eigenvalue weighted by atomic mass is 35.5. The zero-order valence-corrected chi connectivity index (χ0v) is 12.4. The van der Waals surface area contributed by atoms with Gasteiger partial charge in [0.15, 0.2) is 0 Å². The van der Waals surface area contributed by atoms with Gasteiger partial charge in [-0.25, -0.2) is 0 Å². The van der Waals surface area contributed by atoms with Gasteiger partial charge in [-0.1, -0.05) is 6.92 Å². The van der Waals surface area contributed by atoms with Crippen molar-refractivity contribution in [1.82, 2.24) is 10.2 Å². The predicted molar refractivity (Wildman–Crippen MR) is 76.1 cm³/mol. The van der Waals surface area contributed by atoms with Crippen molar-refractivity contribution in [3.63, 3.8) is 0 Å². The molecule has 0 spiro atoms. The summed E-state index contributed by atoms with van der Waals surface area (Å²) in [4.78, 5) is 2.61. The Morgan fingerprint density at radius 2 is 1.88 bits per heavy atom. The first-order valence-corrected chi connectivity index (χ1v) is 6.80. The number of piperidine rings is 1. The van der Waals surface area contributed by atoms with Crippen LogP contribution in [0.1, 0.15) is 40.0 Å². The molecule has 4 heteroatoms. The van der Waals surface area contributed by atoms with E-state index < -0.39 is 0 Å². The Balaban J connectivity index is 0.00000256. The van der Waals surface area contributed by atoms with Gasteiger partial charge in [0.25, 0.3) is 0 Å². The highest BCUT2D eigenvalue weighted by Gasteiger charge is 2.19. The molecule has 0 aromatic rings. The van der Waals surface area contributed by atoms with Crippen molar-refractivity contribution in [2.75, 3.05) is 32.8 Å². The van der Waals surface area contributed by atoms with Crippen LogP contribution in [0.2, 0.25) is 0 Å². The third-order valence-corrected chi connectivity index (χ3v) is 3.17. The first-order chi connectivity index (χ1) is 7.74. The number of hydrogen-bond acceptors (Lipinski definition) is 3. The summed E-state index contributed by atoms with van der Waals surface area (Å²) in [6.45, 7) is 12.0. The normalized spacial score (nSPS) is 17.5. The first-order valence-electron chi connectivity index (χ1n) is 6.80. The summed E-state index contributed by atoms with van der Waals surface area (Å²) < 4.78 is 5.65. The van der Waals surface area contributed by atoms with E-state index in [1.165, 1.54) is 38.9 Å². The smallest absolute Gasteiger partial charge is 0.0597 e. The van der Waals surface area contributed by atoms with Gasteiger partial charge in [-0.15, -0.1) is 12.4 Å². The maximum absolute atomic E-state index is 5.65. The molecule has 1 rings (SSSR count). The molecule has 1 saturated heterocycles. The van der Waals surface area contributed by atoms with Gasteiger partial charge in [0.1, 0.15) is 0 Å². The third kappa shape index (κ3) is 7.24. The molecule has 0 aromatic carbocycles. The van der Waals surface area contributed by atoms with Crippen molar-refractivity contribution in [3.05, 3.63) is 0 Å². The van der Waals surface area contributed by atoms with E-state index in [1.807, 2.05) is 0 Å². The molecule has 0 atom stereocenters. The molecule has 0 radical (unpaired) electrons. The molecule has 3 nitrogen and oxygen atoms in total. The summed E-state index contributed by atoms with van der Waals surface area (Å²) in [6.07, 6.45) is 4.19. The van der Waals surface area contributed by atoms with Crippen LogP contribution in [-0.2, 0) is 4.74 Å². The van der Waals surface area contributed by atoms with E-state index >= 15 is 0 Å². The van der Waals surface area contributed by atoms with Crippen molar-refractivity contribution < 1.29 is 4.74 Å². The van der Waals surface area contributed by atoms with Crippen LogP contribution >= 0.6 is 12.4 Å². The Kier molecular flexibility index (Phi) is 10.2. The molecule has 0 saturated carbocycles. The summed E-state index contributed by atoms with van der Waals surface area (Å²) in [7, 11) is 0. The monoisotopic (exact) mass is 264 g/mol. The van der Waals surface area contributed by atoms with Gasteiger partial charge < -0.3 is 10.1 Å². The molecular formula is C13H29ClN2O. The maximum atomic E-state index is 5.65. The topological polar surface area (TPSA) is 24.5 Å². The maximum Gasteiger partial charge on any atom is 0.0597 e. The fraction of sp³-hybridized carbons (Fsp3) is 1.00. The number of nitrogens with zero attached hydrogens (tertiary/aromatic N) is 1. The van der Waals surface area contributed by atoms with E-state index in [4.69, 9.17) is 4.74 Å². The van der Waals surface area contributed by atoms with Crippen molar-refractivity contribution in [1.29, 1.82) is 0 Å². The predicted octanol–water partition coefficient (Wildman–Crippen LogP) is 2.30. The van der Waals surface area contributed by atoms with Crippen molar-refractivity contribution in [3.8, 4) is 0 Å². The molecule has 17 heavy (non-hydrogen) atoms. The van der Waals surface area contributed by atoms with Crippen LogP contribution in [0, 0.1) is 0 Å². The lowest BCUT2D eigenvalue weighted by atomic mass is 10.0. The van der Waals surface area contributed by atoms with Crippen LogP contribution in [0.3, 0.4) is 0 Å². The van der Waals surface area contributed by atoms with Crippen molar-refractivity contribution >= 4 is 12.4 Å². The number of ether oxygens (including phenoxy) is 1. The van der Waals surface area contributed by atoms with Gasteiger partial charge in [-0.3, -0.25) is 4.90 Å². The number of hydrogen-bond donors (Lipinski definition) is 1.